The van der Waals surface area contributed by atoms with Crippen LogP contribution in [0.25, 0.3) is 0 Å². The van der Waals surface area contributed by atoms with Gasteiger partial charge in [0.05, 0.1) is 0 Å². The van der Waals surface area contributed by atoms with Crippen LogP contribution in [0.1, 0.15) is 11.1 Å². The number of carbonyl (C=O) groups is 1. The van der Waals surface area contributed by atoms with Crippen LogP contribution in [0.2, 0.25) is 0 Å². The molecule has 0 radical (unpaired) electrons. The van der Waals surface area contributed by atoms with E-state index in [2.05, 4.69) is 21.2 Å². The molecule has 3 nitrogen and oxygen atoms in total. The topological polar surface area (TPSA) is 49.3 Å². The Balaban J connectivity index is 2.33. The van der Waals surface area contributed by atoms with Gasteiger partial charge in [0.15, 0.2) is 5.41 Å². The third-order valence-electron chi connectivity index (χ3n) is 4.08. The van der Waals surface area contributed by atoms with Crippen molar-refractivity contribution in [1.82, 2.24) is 5.32 Å². The highest BCUT2D eigenvalue weighted by Gasteiger charge is 2.66. The first kappa shape index (κ1) is 16.3. The number of alkyl halides is 3. The van der Waals surface area contributed by atoms with Gasteiger partial charge in [-0.3, -0.25) is 4.79 Å². The van der Waals surface area contributed by atoms with Crippen LogP contribution >= 0.6 is 15.9 Å². The zero-order valence-corrected chi connectivity index (χ0v) is 12.9. The van der Waals surface area contributed by atoms with E-state index in [0.29, 0.717) is 5.56 Å². The molecule has 0 aromatic heterocycles. The molecule has 1 heterocycles. The zero-order chi connectivity index (χ0) is 15.8. The van der Waals surface area contributed by atoms with Crippen molar-refractivity contribution in [2.24, 2.45) is 11.3 Å². The zero-order valence-electron chi connectivity index (χ0n) is 11.3. The van der Waals surface area contributed by atoms with Crippen LogP contribution in [0, 0.1) is 18.3 Å². The van der Waals surface area contributed by atoms with E-state index in [1.54, 1.807) is 18.2 Å². The molecule has 0 saturated carbocycles. The lowest BCUT2D eigenvalue weighted by atomic mass is 9.74. The van der Waals surface area contributed by atoms with Gasteiger partial charge in [-0.15, -0.1) is 0 Å². The Morgan fingerprint density at radius 1 is 1.52 bits per heavy atom. The number of nitrogens with one attached hydrogen (secondary N) is 1. The maximum atomic E-state index is 13.3. The molecule has 0 aliphatic carbocycles. The highest BCUT2D eigenvalue weighted by molar-refractivity contribution is 9.10. The molecule has 2 rings (SSSR count). The summed E-state index contributed by atoms with van der Waals surface area (Å²) in [6.07, 6.45) is -4.70. The summed E-state index contributed by atoms with van der Waals surface area (Å²) in [6, 6.07) is 5.27. The van der Waals surface area contributed by atoms with Crippen LogP contribution in [0.4, 0.5) is 13.2 Å². The fraction of sp³-hybridized carbons (Fsp3) is 0.500. The number of aryl methyl sites for hydroxylation is 1. The van der Waals surface area contributed by atoms with Crippen molar-refractivity contribution in [3.63, 3.8) is 0 Å². The van der Waals surface area contributed by atoms with Crippen molar-refractivity contribution in [3.05, 3.63) is 33.8 Å². The van der Waals surface area contributed by atoms with E-state index < -0.39 is 30.0 Å². The van der Waals surface area contributed by atoms with E-state index in [1.165, 1.54) is 0 Å². The first-order valence-electron chi connectivity index (χ1n) is 6.44. The first-order valence-corrected chi connectivity index (χ1v) is 7.23. The lowest BCUT2D eigenvalue weighted by molar-refractivity contribution is -0.236. The largest absolute Gasteiger partial charge is 0.481 e. The van der Waals surface area contributed by atoms with Gasteiger partial charge in [-0.1, -0.05) is 28.1 Å². The minimum atomic E-state index is -4.78. The second kappa shape index (κ2) is 5.61. The molecule has 7 heteroatoms. The van der Waals surface area contributed by atoms with E-state index in [0.717, 1.165) is 10.0 Å². The number of halogens is 4. The number of hydrogen-bond acceptors (Lipinski definition) is 2. The first-order chi connectivity index (χ1) is 9.68. The van der Waals surface area contributed by atoms with Crippen LogP contribution in [-0.4, -0.2) is 30.3 Å². The smallest absolute Gasteiger partial charge is 0.406 e. The van der Waals surface area contributed by atoms with Gasteiger partial charge >= 0.3 is 12.1 Å². The summed E-state index contributed by atoms with van der Waals surface area (Å²) in [4.78, 5) is 11.3. The van der Waals surface area contributed by atoms with Crippen molar-refractivity contribution >= 4 is 21.9 Å². The Bertz CT molecular complexity index is 562. The lowest BCUT2D eigenvalue weighted by Gasteiger charge is -2.32. The molecule has 1 aliphatic heterocycles. The van der Waals surface area contributed by atoms with Crippen molar-refractivity contribution < 1.29 is 23.1 Å². The fourth-order valence-corrected chi connectivity index (χ4v) is 3.08. The van der Waals surface area contributed by atoms with Crippen molar-refractivity contribution in [3.8, 4) is 0 Å². The molecule has 2 atom stereocenters. The average molecular weight is 366 g/mol. The molecule has 0 amide bonds. The predicted octanol–water partition coefficient (Wildman–Crippen LogP) is 3.15. The molecule has 116 valence electrons. The molecule has 1 fully saturated rings. The van der Waals surface area contributed by atoms with Gasteiger partial charge in [-0.25, -0.2) is 0 Å². The van der Waals surface area contributed by atoms with Gasteiger partial charge in [0.1, 0.15) is 0 Å². The van der Waals surface area contributed by atoms with Gasteiger partial charge in [0, 0.05) is 16.9 Å². The molecule has 2 N–H and O–H groups in total. The highest BCUT2D eigenvalue weighted by Crippen LogP contribution is 2.47. The Morgan fingerprint density at radius 2 is 2.19 bits per heavy atom. The molecule has 0 unspecified atom stereocenters. The number of carboxylic acid groups (broad SMARTS) is 1. The van der Waals surface area contributed by atoms with Crippen LogP contribution in [0.5, 0.6) is 0 Å². The summed E-state index contributed by atoms with van der Waals surface area (Å²) in [5.74, 6) is -2.82. The summed E-state index contributed by atoms with van der Waals surface area (Å²) in [6.45, 7) is 1.31. The SMILES string of the molecule is Cc1cc(C[C@H]2CNC[C@@]2(C(=O)O)C(F)(F)F)ccc1Br. The molecular formula is C14H15BrF3NO2. The van der Waals surface area contributed by atoms with Crippen LogP contribution in [0.3, 0.4) is 0 Å². The number of rotatable bonds is 3. The van der Waals surface area contributed by atoms with Gasteiger partial charge in [-0.2, -0.15) is 13.2 Å². The standard InChI is InChI=1S/C14H15BrF3NO2/c1-8-4-9(2-3-11(8)15)5-10-6-19-7-13(10,12(20)21)14(16,17)18/h2-4,10,19H,5-7H2,1H3,(H,20,21)/t10-,13+/m0/s1. The monoisotopic (exact) mass is 365 g/mol. The van der Waals surface area contributed by atoms with Gasteiger partial charge in [-0.05, 0) is 37.1 Å². The second-order valence-corrected chi connectivity index (χ2v) is 6.24. The van der Waals surface area contributed by atoms with Gasteiger partial charge in [0.25, 0.3) is 0 Å². The third-order valence-corrected chi connectivity index (χ3v) is 4.97. The molecule has 21 heavy (non-hydrogen) atoms. The van der Waals surface area contributed by atoms with Crippen molar-refractivity contribution in [2.75, 3.05) is 13.1 Å². The summed E-state index contributed by atoms with van der Waals surface area (Å²) < 4.78 is 40.9. The number of aliphatic carboxylic acids is 1. The van der Waals surface area contributed by atoms with E-state index in [-0.39, 0.29) is 13.0 Å². The lowest BCUT2D eigenvalue weighted by Crippen LogP contribution is -2.51. The Labute approximate surface area is 128 Å². The molecule has 1 aromatic rings. The maximum absolute atomic E-state index is 13.3. The van der Waals surface area contributed by atoms with Crippen molar-refractivity contribution in [1.29, 1.82) is 0 Å². The second-order valence-electron chi connectivity index (χ2n) is 5.39. The Hall–Kier alpha value is -1.08. The van der Waals surface area contributed by atoms with Crippen LogP contribution in [0.15, 0.2) is 22.7 Å². The molecule has 1 aromatic carbocycles. The van der Waals surface area contributed by atoms with Gasteiger partial charge in [0.2, 0.25) is 0 Å². The van der Waals surface area contributed by atoms with Gasteiger partial charge < -0.3 is 10.4 Å². The summed E-state index contributed by atoms with van der Waals surface area (Å²) in [5, 5.41) is 11.8. The number of benzene rings is 1. The molecule has 0 bridgehead atoms. The minimum absolute atomic E-state index is 0.0426. The number of hydrogen-bond donors (Lipinski definition) is 2. The van der Waals surface area contributed by atoms with Crippen LogP contribution in [-0.2, 0) is 11.2 Å². The van der Waals surface area contributed by atoms with E-state index in [1.807, 2.05) is 6.92 Å². The van der Waals surface area contributed by atoms with E-state index >= 15 is 0 Å². The third kappa shape index (κ3) is 2.81. The molecule has 1 aliphatic rings. The Kier molecular flexibility index (Phi) is 4.35. The summed E-state index contributed by atoms with van der Waals surface area (Å²) in [7, 11) is 0. The Morgan fingerprint density at radius 3 is 2.71 bits per heavy atom. The molecular weight excluding hydrogens is 351 g/mol. The highest BCUT2D eigenvalue weighted by atomic mass is 79.9. The molecule has 0 spiro atoms. The number of carboxylic acids is 1. The maximum Gasteiger partial charge on any atom is 0.406 e. The minimum Gasteiger partial charge on any atom is -0.481 e. The average Bonchev–Trinajstić information content (AvgIpc) is 2.78. The van der Waals surface area contributed by atoms with Crippen molar-refractivity contribution in [2.45, 2.75) is 19.5 Å². The van der Waals surface area contributed by atoms with Crippen LogP contribution < -0.4 is 5.32 Å². The normalized spacial score (nSPS) is 26.0. The molecule has 1 saturated heterocycles. The summed E-state index contributed by atoms with van der Waals surface area (Å²) >= 11 is 3.33. The fourth-order valence-electron chi connectivity index (χ4n) is 2.83. The summed E-state index contributed by atoms with van der Waals surface area (Å²) in [5.41, 5.74) is -1.10. The predicted molar refractivity (Wildman–Crippen MR) is 75.1 cm³/mol. The van der Waals surface area contributed by atoms with E-state index in [9.17, 15) is 23.1 Å². The quantitative estimate of drug-likeness (QED) is 0.864. The van der Waals surface area contributed by atoms with E-state index in [4.69, 9.17) is 0 Å².